The van der Waals surface area contributed by atoms with Gasteiger partial charge in [-0.1, -0.05) is 42.5 Å². The fourth-order valence-electron chi connectivity index (χ4n) is 3.83. The zero-order chi connectivity index (χ0) is 25.7. The highest BCUT2D eigenvalue weighted by Gasteiger charge is 2.20. The number of benzene rings is 4. The standard InChI is InChI=1S/C29H23F3O3S/c1-18-15-23(13-14-27(18)35-17-29(33)34)36-28(16-24-25(31)3-2-4-26(24)32)21-7-5-19(6-8-21)20-9-11-22(30)12-10-20/h2-15,28H,16-17H2,1H3,(H,33,34). The molecule has 3 nitrogen and oxygen atoms in total. The van der Waals surface area contributed by atoms with Gasteiger partial charge in [-0.15, -0.1) is 11.8 Å². The Bertz CT molecular complexity index is 1340. The summed E-state index contributed by atoms with van der Waals surface area (Å²) < 4.78 is 47.6. The molecule has 0 fully saturated rings. The first-order chi connectivity index (χ1) is 17.3. The lowest BCUT2D eigenvalue weighted by Crippen LogP contribution is -2.10. The van der Waals surface area contributed by atoms with Gasteiger partial charge in [0.05, 0.1) is 0 Å². The monoisotopic (exact) mass is 508 g/mol. The highest BCUT2D eigenvalue weighted by atomic mass is 32.2. The average Bonchev–Trinajstić information content (AvgIpc) is 2.85. The first-order valence-electron chi connectivity index (χ1n) is 11.2. The number of hydrogen-bond acceptors (Lipinski definition) is 3. The van der Waals surface area contributed by atoms with Gasteiger partial charge in [-0.2, -0.15) is 0 Å². The fraction of sp³-hybridized carbons (Fsp3) is 0.138. The average molecular weight is 509 g/mol. The van der Waals surface area contributed by atoms with Gasteiger partial charge in [-0.25, -0.2) is 18.0 Å². The largest absolute Gasteiger partial charge is 0.482 e. The second-order valence-corrected chi connectivity index (χ2v) is 9.53. The summed E-state index contributed by atoms with van der Waals surface area (Å²) in [6.45, 7) is 1.37. The van der Waals surface area contributed by atoms with Crippen molar-refractivity contribution >= 4 is 17.7 Å². The van der Waals surface area contributed by atoms with Crippen LogP contribution in [-0.2, 0) is 11.2 Å². The molecule has 184 valence electrons. The van der Waals surface area contributed by atoms with E-state index in [-0.39, 0.29) is 23.1 Å². The minimum atomic E-state index is -1.07. The topological polar surface area (TPSA) is 46.5 Å². The molecule has 4 aromatic carbocycles. The number of halogens is 3. The van der Waals surface area contributed by atoms with E-state index in [1.807, 2.05) is 37.3 Å². The quantitative estimate of drug-likeness (QED) is 0.236. The SMILES string of the molecule is Cc1cc(SC(Cc2c(F)cccc2F)c2ccc(-c3ccc(F)cc3)cc2)ccc1OCC(=O)O. The molecule has 4 rings (SSSR count). The zero-order valence-electron chi connectivity index (χ0n) is 19.4. The van der Waals surface area contributed by atoms with E-state index in [2.05, 4.69) is 0 Å². The Morgan fingerprint density at radius 1 is 0.889 bits per heavy atom. The lowest BCUT2D eigenvalue weighted by atomic mass is 9.99. The first-order valence-corrected chi connectivity index (χ1v) is 12.1. The van der Waals surface area contributed by atoms with Crippen molar-refractivity contribution in [3.63, 3.8) is 0 Å². The summed E-state index contributed by atoms with van der Waals surface area (Å²) in [6.07, 6.45) is 0.120. The van der Waals surface area contributed by atoms with Crippen LogP contribution < -0.4 is 4.74 Å². The third-order valence-electron chi connectivity index (χ3n) is 5.69. The lowest BCUT2D eigenvalue weighted by Gasteiger charge is -2.19. The van der Waals surface area contributed by atoms with Crippen LogP contribution in [0.3, 0.4) is 0 Å². The molecule has 0 amide bonds. The van der Waals surface area contributed by atoms with Crippen LogP contribution in [0.1, 0.15) is 21.9 Å². The normalized spacial score (nSPS) is 11.8. The van der Waals surface area contributed by atoms with Crippen LogP contribution in [0.2, 0.25) is 0 Å². The summed E-state index contributed by atoms with van der Waals surface area (Å²) in [5.74, 6) is -2.12. The van der Waals surface area contributed by atoms with Crippen molar-refractivity contribution in [2.75, 3.05) is 6.61 Å². The van der Waals surface area contributed by atoms with Crippen molar-refractivity contribution in [2.45, 2.75) is 23.5 Å². The van der Waals surface area contributed by atoms with Crippen molar-refractivity contribution in [3.8, 4) is 16.9 Å². The van der Waals surface area contributed by atoms with Gasteiger partial charge in [0, 0.05) is 15.7 Å². The number of hydrogen-bond donors (Lipinski definition) is 1. The molecule has 0 aliphatic carbocycles. The number of rotatable bonds is 9. The molecule has 4 aromatic rings. The fourth-order valence-corrected chi connectivity index (χ4v) is 5.10. The number of carbonyl (C=O) groups is 1. The minimum absolute atomic E-state index is 0.00995. The highest BCUT2D eigenvalue weighted by Crippen LogP contribution is 2.40. The van der Waals surface area contributed by atoms with Gasteiger partial charge in [0.1, 0.15) is 23.2 Å². The van der Waals surface area contributed by atoms with Crippen LogP contribution >= 0.6 is 11.8 Å². The zero-order valence-corrected chi connectivity index (χ0v) is 20.2. The molecule has 0 radical (unpaired) electrons. The second-order valence-electron chi connectivity index (χ2n) is 8.25. The molecule has 0 saturated heterocycles. The van der Waals surface area contributed by atoms with E-state index in [9.17, 15) is 18.0 Å². The molecule has 0 aromatic heterocycles. The van der Waals surface area contributed by atoms with Crippen molar-refractivity contribution in [3.05, 3.63) is 119 Å². The van der Waals surface area contributed by atoms with Crippen LogP contribution in [0, 0.1) is 24.4 Å². The third kappa shape index (κ3) is 6.29. The summed E-state index contributed by atoms with van der Waals surface area (Å²) in [4.78, 5) is 11.7. The molecule has 0 heterocycles. The predicted molar refractivity (Wildman–Crippen MR) is 135 cm³/mol. The van der Waals surface area contributed by atoms with E-state index >= 15 is 0 Å². The van der Waals surface area contributed by atoms with E-state index < -0.39 is 24.2 Å². The number of carboxylic acids is 1. The van der Waals surface area contributed by atoms with Crippen LogP contribution in [0.5, 0.6) is 5.75 Å². The number of ether oxygens (including phenoxy) is 1. The predicted octanol–water partition coefficient (Wildman–Crippen LogP) is 7.62. The summed E-state index contributed by atoms with van der Waals surface area (Å²) in [7, 11) is 0. The van der Waals surface area contributed by atoms with Crippen molar-refractivity contribution in [2.24, 2.45) is 0 Å². The van der Waals surface area contributed by atoms with Gasteiger partial charge in [-0.3, -0.25) is 0 Å². The smallest absolute Gasteiger partial charge is 0.341 e. The molecule has 0 saturated carbocycles. The van der Waals surface area contributed by atoms with Crippen molar-refractivity contribution in [1.82, 2.24) is 0 Å². The molecule has 1 unspecified atom stereocenters. The molecule has 0 spiro atoms. The summed E-state index contributed by atoms with van der Waals surface area (Å²) in [5.41, 5.74) is 3.40. The maximum Gasteiger partial charge on any atom is 0.341 e. The van der Waals surface area contributed by atoms with E-state index in [1.54, 1.807) is 24.3 Å². The van der Waals surface area contributed by atoms with Crippen LogP contribution in [-0.4, -0.2) is 17.7 Å². The third-order valence-corrected chi connectivity index (χ3v) is 6.94. The van der Waals surface area contributed by atoms with Gasteiger partial charge < -0.3 is 9.84 Å². The minimum Gasteiger partial charge on any atom is -0.482 e. The van der Waals surface area contributed by atoms with Gasteiger partial charge in [0.2, 0.25) is 0 Å². The molecule has 1 atom stereocenters. The summed E-state index contributed by atoms with van der Waals surface area (Å²) >= 11 is 1.45. The second kappa shape index (κ2) is 11.4. The maximum atomic E-state index is 14.5. The van der Waals surface area contributed by atoms with Crippen LogP contribution in [0.25, 0.3) is 11.1 Å². The Labute approximate surface area is 211 Å². The molecule has 1 N–H and O–H groups in total. The molecule has 0 bridgehead atoms. The lowest BCUT2D eigenvalue weighted by molar-refractivity contribution is -0.139. The molecule has 0 aliphatic rings. The Morgan fingerprint density at radius 3 is 2.08 bits per heavy atom. The van der Waals surface area contributed by atoms with Crippen LogP contribution in [0.15, 0.2) is 89.8 Å². The number of thioether (sulfide) groups is 1. The molecule has 7 heteroatoms. The van der Waals surface area contributed by atoms with E-state index in [0.717, 1.165) is 27.1 Å². The van der Waals surface area contributed by atoms with E-state index in [1.165, 1.54) is 42.1 Å². The van der Waals surface area contributed by atoms with Gasteiger partial charge in [-0.05, 0) is 78.1 Å². The van der Waals surface area contributed by atoms with Gasteiger partial charge in [0.25, 0.3) is 0 Å². The van der Waals surface area contributed by atoms with Gasteiger partial charge in [0.15, 0.2) is 6.61 Å². The van der Waals surface area contributed by atoms with Crippen molar-refractivity contribution in [1.29, 1.82) is 0 Å². The van der Waals surface area contributed by atoms with E-state index in [0.29, 0.717) is 5.75 Å². The van der Waals surface area contributed by atoms with Crippen LogP contribution in [0.4, 0.5) is 13.2 Å². The number of aryl methyl sites for hydroxylation is 1. The summed E-state index contributed by atoms with van der Waals surface area (Å²) in [6, 6.07) is 23.0. The van der Waals surface area contributed by atoms with Crippen molar-refractivity contribution < 1.29 is 27.8 Å². The summed E-state index contributed by atoms with van der Waals surface area (Å²) in [5, 5.41) is 8.53. The molecule has 0 aliphatic heterocycles. The number of carboxylic acid groups (broad SMARTS) is 1. The Balaban J connectivity index is 1.63. The van der Waals surface area contributed by atoms with Gasteiger partial charge >= 0.3 is 5.97 Å². The maximum absolute atomic E-state index is 14.5. The highest BCUT2D eigenvalue weighted by molar-refractivity contribution is 7.99. The number of aliphatic carboxylic acids is 1. The molecular formula is C29H23F3O3S. The molecule has 36 heavy (non-hydrogen) atoms. The Hall–Kier alpha value is -3.71. The Morgan fingerprint density at radius 2 is 1.50 bits per heavy atom. The first kappa shape index (κ1) is 25.4. The Kier molecular flexibility index (Phi) is 8.00. The molecular weight excluding hydrogens is 485 g/mol. The van der Waals surface area contributed by atoms with E-state index in [4.69, 9.17) is 9.84 Å².